The summed E-state index contributed by atoms with van der Waals surface area (Å²) in [5.74, 6) is 0.655. The highest BCUT2D eigenvalue weighted by Gasteiger charge is 2.28. The first-order chi connectivity index (χ1) is 14.1. The Balaban J connectivity index is 2.10. The van der Waals surface area contributed by atoms with E-state index in [9.17, 15) is 9.59 Å². The highest BCUT2D eigenvalue weighted by Crippen LogP contribution is 2.21. The Kier molecular flexibility index (Phi) is 9.08. The minimum atomic E-state index is -0.621. The summed E-state index contributed by atoms with van der Waals surface area (Å²) >= 11 is 13.7. The van der Waals surface area contributed by atoms with Crippen molar-refractivity contribution in [2.24, 2.45) is 0 Å². The number of hydrogen-bond donors (Lipinski definition) is 1. The van der Waals surface area contributed by atoms with E-state index in [1.165, 1.54) is 11.8 Å². The van der Waals surface area contributed by atoms with Gasteiger partial charge in [-0.15, -0.1) is 11.8 Å². The number of nitrogens with zero attached hydrogens (tertiary/aromatic N) is 1. The van der Waals surface area contributed by atoms with E-state index in [4.69, 9.17) is 23.2 Å². The van der Waals surface area contributed by atoms with Crippen LogP contribution in [0.25, 0.3) is 0 Å². The molecule has 2 amide bonds. The molecule has 0 bridgehead atoms. The molecule has 0 saturated heterocycles. The van der Waals surface area contributed by atoms with Crippen molar-refractivity contribution in [3.05, 3.63) is 69.7 Å². The van der Waals surface area contributed by atoms with E-state index < -0.39 is 6.04 Å². The van der Waals surface area contributed by atoms with Crippen LogP contribution in [-0.2, 0) is 21.9 Å². The summed E-state index contributed by atoms with van der Waals surface area (Å²) in [7, 11) is 0. The van der Waals surface area contributed by atoms with E-state index in [0.717, 1.165) is 11.1 Å². The van der Waals surface area contributed by atoms with Crippen LogP contribution in [0.2, 0.25) is 10.0 Å². The standard InChI is InChI=1S/C23H28Cl2N2O2S/c1-16(22(29)26-23(2,3)4)27(13-18-7-5-6-8-20(18)25)21(28)15-30-14-17-9-11-19(24)12-10-17/h5-12,16H,13-15H2,1-4H3,(H,26,29)/t16-/m1/s1. The third-order valence-electron chi connectivity index (χ3n) is 4.37. The van der Waals surface area contributed by atoms with E-state index in [0.29, 0.717) is 15.8 Å². The summed E-state index contributed by atoms with van der Waals surface area (Å²) < 4.78 is 0. The molecule has 30 heavy (non-hydrogen) atoms. The summed E-state index contributed by atoms with van der Waals surface area (Å²) in [5.41, 5.74) is 1.52. The Labute approximate surface area is 193 Å². The Hall–Kier alpha value is -1.69. The number of carbonyl (C=O) groups is 2. The molecule has 2 aromatic carbocycles. The minimum Gasteiger partial charge on any atom is -0.350 e. The molecule has 162 valence electrons. The van der Waals surface area contributed by atoms with Crippen LogP contribution in [-0.4, -0.2) is 34.0 Å². The molecular weight excluding hydrogens is 439 g/mol. The zero-order valence-electron chi connectivity index (χ0n) is 17.7. The lowest BCUT2D eigenvalue weighted by Crippen LogP contribution is -2.52. The van der Waals surface area contributed by atoms with Gasteiger partial charge in [0, 0.05) is 27.9 Å². The van der Waals surface area contributed by atoms with Crippen molar-refractivity contribution in [2.75, 3.05) is 5.75 Å². The van der Waals surface area contributed by atoms with Crippen LogP contribution >= 0.6 is 35.0 Å². The molecule has 0 aliphatic carbocycles. The molecular formula is C23H28Cl2N2O2S. The normalized spacial score (nSPS) is 12.3. The zero-order valence-corrected chi connectivity index (χ0v) is 20.1. The topological polar surface area (TPSA) is 49.4 Å². The number of amides is 2. The van der Waals surface area contributed by atoms with Crippen molar-refractivity contribution in [3.63, 3.8) is 0 Å². The number of carbonyl (C=O) groups excluding carboxylic acids is 2. The number of thioether (sulfide) groups is 1. The lowest BCUT2D eigenvalue weighted by molar-refractivity contribution is -0.139. The van der Waals surface area contributed by atoms with E-state index in [1.807, 2.05) is 63.2 Å². The highest BCUT2D eigenvalue weighted by atomic mass is 35.5. The number of rotatable bonds is 8. The first kappa shape index (κ1) is 24.6. The molecule has 0 aliphatic heterocycles. The van der Waals surface area contributed by atoms with Gasteiger partial charge in [0.1, 0.15) is 6.04 Å². The molecule has 0 spiro atoms. The van der Waals surface area contributed by atoms with Crippen molar-refractivity contribution in [3.8, 4) is 0 Å². The second-order valence-corrected chi connectivity index (χ2v) is 9.98. The van der Waals surface area contributed by atoms with Crippen LogP contribution in [0.4, 0.5) is 0 Å². The fraction of sp³-hybridized carbons (Fsp3) is 0.391. The van der Waals surface area contributed by atoms with Gasteiger partial charge in [0.05, 0.1) is 5.75 Å². The second kappa shape index (κ2) is 11.1. The molecule has 0 heterocycles. The quantitative estimate of drug-likeness (QED) is 0.553. The van der Waals surface area contributed by atoms with Gasteiger partial charge in [0.25, 0.3) is 0 Å². The van der Waals surface area contributed by atoms with Gasteiger partial charge in [0.15, 0.2) is 0 Å². The molecule has 2 rings (SSSR count). The largest absolute Gasteiger partial charge is 0.350 e. The molecule has 1 N–H and O–H groups in total. The van der Waals surface area contributed by atoms with E-state index in [1.54, 1.807) is 17.9 Å². The van der Waals surface area contributed by atoms with Crippen LogP contribution in [0.15, 0.2) is 48.5 Å². The number of nitrogens with one attached hydrogen (secondary N) is 1. The predicted molar refractivity (Wildman–Crippen MR) is 127 cm³/mol. The first-order valence-electron chi connectivity index (χ1n) is 9.74. The van der Waals surface area contributed by atoms with Crippen molar-refractivity contribution in [2.45, 2.75) is 51.6 Å². The fourth-order valence-corrected chi connectivity index (χ4v) is 3.98. The first-order valence-corrected chi connectivity index (χ1v) is 11.6. The Bertz CT molecular complexity index is 866. The minimum absolute atomic E-state index is 0.106. The molecule has 0 saturated carbocycles. The molecule has 1 atom stereocenters. The van der Waals surface area contributed by atoms with Gasteiger partial charge in [-0.05, 0) is 57.0 Å². The van der Waals surface area contributed by atoms with Crippen molar-refractivity contribution < 1.29 is 9.59 Å². The summed E-state index contributed by atoms with van der Waals surface area (Å²) in [4.78, 5) is 27.4. The lowest BCUT2D eigenvalue weighted by atomic mass is 10.1. The summed E-state index contributed by atoms with van der Waals surface area (Å²) in [6.07, 6.45) is 0. The van der Waals surface area contributed by atoms with E-state index >= 15 is 0 Å². The van der Waals surface area contributed by atoms with Crippen LogP contribution in [0.3, 0.4) is 0 Å². The SMILES string of the molecule is C[C@H](C(=O)NC(C)(C)C)N(Cc1ccccc1Cl)C(=O)CSCc1ccc(Cl)cc1. The average molecular weight is 467 g/mol. The van der Waals surface area contributed by atoms with Gasteiger partial charge in [-0.3, -0.25) is 9.59 Å². The van der Waals surface area contributed by atoms with E-state index in [2.05, 4.69) is 5.32 Å². The number of hydrogen-bond acceptors (Lipinski definition) is 3. The maximum Gasteiger partial charge on any atom is 0.242 e. The maximum atomic E-state index is 13.1. The van der Waals surface area contributed by atoms with E-state index in [-0.39, 0.29) is 29.7 Å². The van der Waals surface area contributed by atoms with Gasteiger partial charge in [-0.25, -0.2) is 0 Å². The van der Waals surface area contributed by atoms with Gasteiger partial charge >= 0.3 is 0 Å². The van der Waals surface area contributed by atoms with Crippen molar-refractivity contribution >= 4 is 46.8 Å². The highest BCUT2D eigenvalue weighted by molar-refractivity contribution is 7.99. The Morgan fingerprint density at radius 1 is 1.07 bits per heavy atom. The molecule has 0 fully saturated rings. The zero-order chi connectivity index (χ0) is 22.3. The van der Waals surface area contributed by atoms with Crippen molar-refractivity contribution in [1.29, 1.82) is 0 Å². The van der Waals surface area contributed by atoms with Gasteiger partial charge in [0.2, 0.25) is 11.8 Å². The Morgan fingerprint density at radius 2 is 1.70 bits per heavy atom. The monoisotopic (exact) mass is 466 g/mol. The lowest BCUT2D eigenvalue weighted by Gasteiger charge is -2.31. The summed E-state index contributed by atoms with van der Waals surface area (Å²) in [6, 6.07) is 14.3. The molecule has 0 aliphatic rings. The molecule has 7 heteroatoms. The molecule has 0 unspecified atom stereocenters. The third-order valence-corrected chi connectivity index (χ3v) is 5.98. The van der Waals surface area contributed by atoms with Gasteiger partial charge < -0.3 is 10.2 Å². The molecule has 0 aromatic heterocycles. The Morgan fingerprint density at radius 3 is 2.30 bits per heavy atom. The van der Waals surface area contributed by atoms with Crippen LogP contribution < -0.4 is 5.32 Å². The van der Waals surface area contributed by atoms with Crippen LogP contribution in [0, 0.1) is 0 Å². The average Bonchev–Trinajstić information content (AvgIpc) is 2.67. The third kappa shape index (κ3) is 7.86. The number of halogens is 2. The molecule has 0 radical (unpaired) electrons. The van der Waals surface area contributed by atoms with Crippen LogP contribution in [0.5, 0.6) is 0 Å². The summed E-state index contributed by atoms with van der Waals surface area (Å²) in [6.45, 7) is 7.78. The number of benzene rings is 2. The summed E-state index contributed by atoms with van der Waals surface area (Å²) in [5, 5.41) is 4.22. The smallest absolute Gasteiger partial charge is 0.242 e. The maximum absolute atomic E-state index is 13.1. The van der Waals surface area contributed by atoms with Crippen LogP contribution in [0.1, 0.15) is 38.8 Å². The molecule has 4 nitrogen and oxygen atoms in total. The predicted octanol–water partition coefficient (Wildman–Crippen LogP) is 5.56. The van der Waals surface area contributed by atoms with Gasteiger partial charge in [-0.2, -0.15) is 0 Å². The van der Waals surface area contributed by atoms with Gasteiger partial charge in [-0.1, -0.05) is 53.5 Å². The van der Waals surface area contributed by atoms with Crippen molar-refractivity contribution in [1.82, 2.24) is 10.2 Å². The second-order valence-electron chi connectivity index (χ2n) is 8.15. The molecule has 2 aromatic rings. The fourth-order valence-electron chi connectivity index (χ4n) is 2.79.